The maximum atomic E-state index is 12.9. The van der Waals surface area contributed by atoms with Crippen molar-refractivity contribution in [2.75, 3.05) is 6.54 Å². The van der Waals surface area contributed by atoms with Crippen LogP contribution in [0.3, 0.4) is 0 Å². The molecule has 0 saturated carbocycles. The number of aromatic amines is 1. The van der Waals surface area contributed by atoms with Crippen LogP contribution in [0.5, 0.6) is 0 Å². The van der Waals surface area contributed by atoms with E-state index in [-0.39, 0.29) is 18.4 Å². The molecule has 33 heavy (non-hydrogen) atoms. The van der Waals surface area contributed by atoms with E-state index < -0.39 is 5.91 Å². The number of primary amides is 1. The van der Waals surface area contributed by atoms with Gasteiger partial charge in [-0.25, -0.2) is 0 Å². The minimum Gasteiger partial charge on any atom is -0.366 e. The van der Waals surface area contributed by atoms with Crippen molar-refractivity contribution in [2.45, 2.75) is 12.5 Å². The molecule has 164 valence electrons. The average molecular weight is 437 g/mol. The number of benzene rings is 3. The SMILES string of the molecule is NC(=O)c1cn(CC(=O)NCC(c2ccccc2)c2c[nH]c3ccccc23)c2ccccc12. The summed E-state index contributed by atoms with van der Waals surface area (Å²) in [5.41, 5.74) is 10.1. The van der Waals surface area contributed by atoms with E-state index in [9.17, 15) is 9.59 Å². The number of carbonyl (C=O) groups is 2. The van der Waals surface area contributed by atoms with Crippen molar-refractivity contribution >= 4 is 33.6 Å². The van der Waals surface area contributed by atoms with Crippen LogP contribution in [-0.4, -0.2) is 27.9 Å². The summed E-state index contributed by atoms with van der Waals surface area (Å²) in [6.45, 7) is 0.551. The van der Waals surface area contributed by atoms with Gasteiger partial charge in [-0.05, 0) is 23.3 Å². The molecule has 6 nitrogen and oxygen atoms in total. The lowest BCUT2D eigenvalue weighted by atomic mass is 9.91. The number of carbonyl (C=O) groups excluding carboxylic acids is 2. The number of nitrogens with one attached hydrogen (secondary N) is 2. The number of para-hydroxylation sites is 2. The van der Waals surface area contributed by atoms with Crippen LogP contribution in [0, 0.1) is 0 Å². The van der Waals surface area contributed by atoms with Crippen LogP contribution in [0.15, 0.2) is 91.3 Å². The van der Waals surface area contributed by atoms with Crippen LogP contribution in [-0.2, 0) is 11.3 Å². The van der Waals surface area contributed by atoms with Gasteiger partial charge < -0.3 is 20.6 Å². The highest BCUT2D eigenvalue weighted by Crippen LogP contribution is 2.30. The van der Waals surface area contributed by atoms with Gasteiger partial charge in [0.2, 0.25) is 5.91 Å². The molecule has 2 heterocycles. The predicted molar refractivity (Wildman–Crippen MR) is 130 cm³/mol. The van der Waals surface area contributed by atoms with E-state index >= 15 is 0 Å². The molecular weight excluding hydrogens is 412 g/mol. The summed E-state index contributed by atoms with van der Waals surface area (Å²) in [4.78, 5) is 28.1. The molecule has 1 unspecified atom stereocenters. The van der Waals surface area contributed by atoms with Crippen molar-refractivity contribution in [2.24, 2.45) is 5.73 Å². The largest absolute Gasteiger partial charge is 0.366 e. The molecule has 6 heteroatoms. The molecule has 0 radical (unpaired) electrons. The summed E-state index contributed by atoms with van der Waals surface area (Å²) >= 11 is 0. The van der Waals surface area contributed by atoms with Crippen molar-refractivity contribution < 1.29 is 9.59 Å². The maximum Gasteiger partial charge on any atom is 0.250 e. The first-order valence-corrected chi connectivity index (χ1v) is 10.9. The van der Waals surface area contributed by atoms with Crippen molar-refractivity contribution in [3.05, 3.63) is 108 Å². The minimum absolute atomic E-state index is 0.00566. The second kappa shape index (κ2) is 8.67. The van der Waals surface area contributed by atoms with Crippen LogP contribution >= 0.6 is 0 Å². The summed E-state index contributed by atoms with van der Waals surface area (Å²) in [6, 6.07) is 25.8. The van der Waals surface area contributed by atoms with Crippen LogP contribution in [0.1, 0.15) is 27.4 Å². The van der Waals surface area contributed by atoms with Crippen LogP contribution < -0.4 is 11.1 Å². The molecule has 0 aliphatic carbocycles. The molecule has 0 fully saturated rings. The zero-order valence-corrected chi connectivity index (χ0v) is 18.0. The summed E-state index contributed by atoms with van der Waals surface area (Å²) < 4.78 is 1.77. The highest BCUT2D eigenvalue weighted by atomic mass is 16.2. The van der Waals surface area contributed by atoms with E-state index in [0.29, 0.717) is 12.1 Å². The van der Waals surface area contributed by atoms with Crippen molar-refractivity contribution in [3.8, 4) is 0 Å². The van der Waals surface area contributed by atoms with Gasteiger partial charge in [0.1, 0.15) is 6.54 Å². The third-order valence-corrected chi connectivity index (χ3v) is 6.07. The fourth-order valence-corrected chi connectivity index (χ4v) is 4.48. The molecule has 5 aromatic rings. The smallest absolute Gasteiger partial charge is 0.250 e. The van der Waals surface area contributed by atoms with Gasteiger partial charge in [0.15, 0.2) is 0 Å². The Bertz CT molecular complexity index is 1450. The van der Waals surface area contributed by atoms with Crippen LogP contribution in [0.4, 0.5) is 0 Å². The predicted octanol–water partition coefficient (Wildman–Crippen LogP) is 4.17. The average Bonchev–Trinajstić information content (AvgIpc) is 3.42. The van der Waals surface area contributed by atoms with E-state index in [0.717, 1.165) is 32.9 Å². The van der Waals surface area contributed by atoms with Gasteiger partial charge in [0.25, 0.3) is 5.91 Å². The van der Waals surface area contributed by atoms with E-state index in [4.69, 9.17) is 5.73 Å². The highest BCUT2D eigenvalue weighted by molar-refractivity contribution is 6.06. The van der Waals surface area contributed by atoms with E-state index in [1.165, 1.54) is 0 Å². The lowest BCUT2D eigenvalue weighted by Gasteiger charge is -2.18. The molecule has 3 aromatic carbocycles. The molecule has 0 aliphatic heterocycles. The monoisotopic (exact) mass is 436 g/mol. The summed E-state index contributed by atoms with van der Waals surface area (Å²) in [7, 11) is 0. The highest BCUT2D eigenvalue weighted by Gasteiger charge is 2.20. The first-order valence-electron chi connectivity index (χ1n) is 10.9. The number of hydrogen-bond acceptors (Lipinski definition) is 2. The second-order valence-electron chi connectivity index (χ2n) is 8.11. The second-order valence-corrected chi connectivity index (χ2v) is 8.11. The van der Waals surface area contributed by atoms with Gasteiger partial charge in [-0.3, -0.25) is 9.59 Å². The molecule has 0 bridgehead atoms. The molecular formula is C27H24N4O2. The molecule has 1 atom stereocenters. The Kier molecular flexibility index (Phi) is 5.40. The molecule has 0 saturated heterocycles. The van der Waals surface area contributed by atoms with Gasteiger partial charge in [0.05, 0.1) is 5.56 Å². The number of nitrogens with two attached hydrogens (primary N) is 1. The quantitative estimate of drug-likeness (QED) is 0.357. The normalized spacial score (nSPS) is 12.1. The van der Waals surface area contributed by atoms with E-state index in [2.05, 4.69) is 28.5 Å². The number of aromatic nitrogens is 2. The van der Waals surface area contributed by atoms with Crippen molar-refractivity contribution in [1.82, 2.24) is 14.9 Å². The fraction of sp³-hybridized carbons (Fsp3) is 0.111. The third-order valence-electron chi connectivity index (χ3n) is 6.07. The summed E-state index contributed by atoms with van der Waals surface area (Å²) in [6.07, 6.45) is 3.67. The van der Waals surface area contributed by atoms with Crippen molar-refractivity contribution in [1.29, 1.82) is 0 Å². The fourth-order valence-electron chi connectivity index (χ4n) is 4.48. The van der Waals surface area contributed by atoms with Gasteiger partial charge in [-0.2, -0.15) is 0 Å². The summed E-state index contributed by atoms with van der Waals surface area (Å²) in [5.74, 6) is -0.643. The Balaban J connectivity index is 1.40. The Hall–Kier alpha value is -4.32. The zero-order chi connectivity index (χ0) is 22.8. The Morgan fingerprint density at radius 1 is 0.909 bits per heavy atom. The number of H-pyrrole nitrogens is 1. The lowest BCUT2D eigenvalue weighted by molar-refractivity contribution is -0.121. The Morgan fingerprint density at radius 2 is 1.61 bits per heavy atom. The molecule has 4 N–H and O–H groups in total. The number of fused-ring (bicyclic) bond motifs is 2. The van der Waals surface area contributed by atoms with Crippen molar-refractivity contribution in [3.63, 3.8) is 0 Å². The van der Waals surface area contributed by atoms with Crippen LogP contribution in [0.2, 0.25) is 0 Å². The van der Waals surface area contributed by atoms with Gasteiger partial charge in [-0.15, -0.1) is 0 Å². The number of rotatable bonds is 7. The summed E-state index contributed by atoms with van der Waals surface area (Å²) in [5, 5.41) is 4.99. The zero-order valence-electron chi connectivity index (χ0n) is 18.0. The third kappa shape index (κ3) is 3.99. The number of nitrogens with zero attached hydrogens (tertiary/aromatic N) is 1. The minimum atomic E-state index is -0.506. The first-order chi connectivity index (χ1) is 16.1. The molecule has 2 amide bonds. The standard InChI is InChI=1S/C27H24N4O2/c28-27(33)23-16-31(25-13-7-5-11-20(23)25)17-26(32)30-14-21(18-8-2-1-3-9-18)22-15-29-24-12-6-4-10-19(22)24/h1-13,15-16,21,29H,14,17H2,(H2,28,33)(H,30,32). The number of hydrogen-bond donors (Lipinski definition) is 3. The maximum absolute atomic E-state index is 12.9. The Labute approximate surface area is 191 Å². The first kappa shape index (κ1) is 20.6. The molecule has 0 spiro atoms. The molecule has 2 aromatic heterocycles. The molecule has 5 rings (SSSR count). The Morgan fingerprint density at radius 3 is 2.39 bits per heavy atom. The number of amides is 2. The topological polar surface area (TPSA) is 92.9 Å². The van der Waals surface area contributed by atoms with Gasteiger partial charge in [0, 0.05) is 46.7 Å². The van der Waals surface area contributed by atoms with E-state index in [1.807, 2.05) is 66.9 Å². The lowest BCUT2D eigenvalue weighted by Crippen LogP contribution is -2.31. The van der Waals surface area contributed by atoms with Gasteiger partial charge in [-0.1, -0.05) is 66.7 Å². The van der Waals surface area contributed by atoms with E-state index in [1.54, 1.807) is 10.8 Å². The van der Waals surface area contributed by atoms with Gasteiger partial charge >= 0.3 is 0 Å². The van der Waals surface area contributed by atoms with Crippen LogP contribution in [0.25, 0.3) is 21.8 Å². The molecule has 0 aliphatic rings.